The molecule has 18 heavy (non-hydrogen) atoms. The van der Waals surface area contributed by atoms with Crippen LogP contribution in [0.25, 0.3) is 0 Å². The molecular formula is C15H24N2O. The molecule has 2 rings (SSSR count). The summed E-state index contributed by atoms with van der Waals surface area (Å²) in [5.41, 5.74) is 0.731. The Balaban J connectivity index is 1.73. The van der Waals surface area contributed by atoms with E-state index >= 15 is 0 Å². The molecular weight excluding hydrogens is 224 g/mol. The molecule has 1 aromatic rings. The molecule has 100 valence electrons. The van der Waals surface area contributed by atoms with Gasteiger partial charge in [0.1, 0.15) is 0 Å². The molecule has 1 fully saturated rings. The minimum atomic E-state index is -0.487. The standard InChI is InChI=1S/C15H24N2O/c1-2-13-3-7-15(18,8-4-13)12-17-11-14-5-9-16-10-6-14/h5-6,9-10,13,17-18H,2-4,7-8,11-12H2,1H3. The third kappa shape index (κ3) is 3.79. The molecule has 0 aliphatic heterocycles. The summed E-state index contributed by atoms with van der Waals surface area (Å²) in [5.74, 6) is 0.825. The van der Waals surface area contributed by atoms with E-state index in [0.717, 1.165) is 25.3 Å². The molecule has 0 amide bonds. The fraction of sp³-hybridized carbons (Fsp3) is 0.667. The number of nitrogens with zero attached hydrogens (tertiary/aromatic N) is 1. The molecule has 0 bridgehead atoms. The summed E-state index contributed by atoms with van der Waals surface area (Å²) in [4.78, 5) is 4.00. The van der Waals surface area contributed by atoms with Gasteiger partial charge in [0.2, 0.25) is 0 Å². The SMILES string of the molecule is CCC1CCC(O)(CNCc2ccncc2)CC1. The molecule has 0 spiro atoms. The van der Waals surface area contributed by atoms with Crippen LogP contribution >= 0.6 is 0 Å². The Hall–Kier alpha value is -0.930. The molecule has 1 heterocycles. The molecule has 0 atom stereocenters. The van der Waals surface area contributed by atoms with E-state index in [1.807, 2.05) is 12.1 Å². The number of nitrogens with one attached hydrogen (secondary N) is 1. The summed E-state index contributed by atoms with van der Waals surface area (Å²) < 4.78 is 0. The number of aliphatic hydroxyl groups is 1. The number of pyridine rings is 1. The average Bonchev–Trinajstić information content (AvgIpc) is 2.41. The van der Waals surface area contributed by atoms with Crippen molar-refractivity contribution in [2.75, 3.05) is 6.54 Å². The van der Waals surface area contributed by atoms with Gasteiger partial charge in [-0.05, 0) is 49.3 Å². The van der Waals surface area contributed by atoms with Crippen molar-refractivity contribution in [2.45, 2.75) is 51.2 Å². The zero-order valence-corrected chi connectivity index (χ0v) is 11.2. The minimum Gasteiger partial charge on any atom is -0.389 e. The normalized spacial score (nSPS) is 28.2. The molecule has 1 aliphatic carbocycles. The Morgan fingerprint density at radius 3 is 2.61 bits per heavy atom. The van der Waals surface area contributed by atoms with Gasteiger partial charge in [0.15, 0.2) is 0 Å². The summed E-state index contributed by atoms with van der Waals surface area (Å²) in [5, 5.41) is 13.9. The quantitative estimate of drug-likeness (QED) is 0.841. The Kier molecular flexibility index (Phi) is 4.72. The van der Waals surface area contributed by atoms with E-state index in [9.17, 15) is 5.11 Å². The summed E-state index contributed by atoms with van der Waals surface area (Å²) >= 11 is 0. The highest BCUT2D eigenvalue weighted by Gasteiger charge is 2.31. The Morgan fingerprint density at radius 1 is 1.33 bits per heavy atom. The molecule has 2 N–H and O–H groups in total. The molecule has 0 aromatic carbocycles. The second kappa shape index (κ2) is 6.30. The van der Waals surface area contributed by atoms with Crippen molar-refractivity contribution in [2.24, 2.45) is 5.92 Å². The third-order valence-electron chi connectivity index (χ3n) is 4.15. The van der Waals surface area contributed by atoms with Gasteiger partial charge >= 0.3 is 0 Å². The van der Waals surface area contributed by atoms with Crippen molar-refractivity contribution in [1.82, 2.24) is 10.3 Å². The molecule has 1 aliphatic rings. The van der Waals surface area contributed by atoms with Crippen molar-refractivity contribution in [1.29, 1.82) is 0 Å². The van der Waals surface area contributed by atoms with Crippen LogP contribution in [0.2, 0.25) is 0 Å². The summed E-state index contributed by atoms with van der Waals surface area (Å²) in [6.45, 7) is 3.75. The number of aromatic nitrogens is 1. The second-order valence-electron chi connectivity index (χ2n) is 5.53. The average molecular weight is 248 g/mol. The first-order valence-electron chi connectivity index (χ1n) is 7.04. The van der Waals surface area contributed by atoms with E-state index in [-0.39, 0.29) is 0 Å². The predicted octanol–water partition coefficient (Wildman–Crippen LogP) is 2.50. The van der Waals surface area contributed by atoms with Gasteiger partial charge in [-0.3, -0.25) is 4.98 Å². The van der Waals surface area contributed by atoms with Gasteiger partial charge in [-0.2, -0.15) is 0 Å². The zero-order chi connectivity index (χ0) is 12.8. The maximum atomic E-state index is 10.5. The molecule has 0 radical (unpaired) electrons. The molecule has 3 nitrogen and oxygen atoms in total. The second-order valence-corrected chi connectivity index (χ2v) is 5.53. The van der Waals surface area contributed by atoms with Crippen molar-refractivity contribution >= 4 is 0 Å². The highest BCUT2D eigenvalue weighted by molar-refractivity contribution is 5.09. The highest BCUT2D eigenvalue weighted by Crippen LogP contribution is 2.33. The van der Waals surface area contributed by atoms with E-state index in [1.165, 1.54) is 24.8 Å². The lowest BCUT2D eigenvalue weighted by Crippen LogP contribution is -2.43. The Bertz CT molecular complexity index is 345. The smallest absolute Gasteiger partial charge is 0.0771 e. The number of hydrogen-bond acceptors (Lipinski definition) is 3. The van der Waals surface area contributed by atoms with E-state index in [4.69, 9.17) is 0 Å². The van der Waals surface area contributed by atoms with Crippen LogP contribution in [-0.4, -0.2) is 22.2 Å². The van der Waals surface area contributed by atoms with Gasteiger partial charge in [-0.25, -0.2) is 0 Å². The summed E-state index contributed by atoms with van der Waals surface area (Å²) in [7, 11) is 0. The van der Waals surface area contributed by atoms with Crippen LogP contribution in [0.15, 0.2) is 24.5 Å². The van der Waals surface area contributed by atoms with Crippen LogP contribution < -0.4 is 5.32 Å². The summed E-state index contributed by atoms with van der Waals surface area (Å²) in [6.07, 6.45) is 9.08. The van der Waals surface area contributed by atoms with Gasteiger partial charge in [-0.1, -0.05) is 13.3 Å². The predicted molar refractivity (Wildman–Crippen MR) is 73.1 cm³/mol. The van der Waals surface area contributed by atoms with E-state index in [0.29, 0.717) is 6.54 Å². The maximum Gasteiger partial charge on any atom is 0.0771 e. The zero-order valence-electron chi connectivity index (χ0n) is 11.2. The highest BCUT2D eigenvalue weighted by atomic mass is 16.3. The molecule has 0 saturated heterocycles. The fourth-order valence-corrected chi connectivity index (χ4v) is 2.74. The van der Waals surface area contributed by atoms with Crippen LogP contribution in [0.1, 0.15) is 44.6 Å². The third-order valence-corrected chi connectivity index (χ3v) is 4.15. The van der Waals surface area contributed by atoms with E-state index in [1.54, 1.807) is 12.4 Å². The van der Waals surface area contributed by atoms with Crippen LogP contribution in [0, 0.1) is 5.92 Å². The Morgan fingerprint density at radius 2 is 2.00 bits per heavy atom. The van der Waals surface area contributed by atoms with E-state index in [2.05, 4.69) is 17.2 Å². The first-order chi connectivity index (χ1) is 8.72. The topological polar surface area (TPSA) is 45.1 Å². The molecule has 1 aromatic heterocycles. The lowest BCUT2D eigenvalue weighted by molar-refractivity contribution is -0.00881. The maximum absolute atomic E-state index is 10.5. The monoisotopic (exact) mass is 248 g/mol. The molecule has 3 heteroatoms. The summed E-state index contributed by atoms with van der Waals surface area (Å²) in [6, 6.07) is 4.01. The minimum absolute atomic E-state index is 0.487. The van der Waals surface area contributed by atoms with Crippen molar-refractivity contribution in [3.63, 3.8) is 0 Å². The largest absolute Gasteiger partial charge is 0.389 e. The van der Waals surface area contributed by atoms with Gasteiger partial charge in [-0.15, -0.1) is 0 Å². The lowest BCUT2D eigenvalue weighted by Gasteiger charge is -2.36. The van der Waals surface area contributed by atoms with Crippen molar-refractivity contribution in [3.8, 4) is 0 Å². The fourth-order valence-electron chi connectivity index (χ4n) is 2.74. The first-order valence-corrected chi connectivity index (χ1v) is 7.04. The van der Waals surface area contributed by atoms with Gasteiger partial charge < -0.3 is 10.4 Å². The first kappa shape index (κ1) is 13.5. The number of rotatable bonds is 5. The molecule has 0 unspecified atom stereocenters. The molecule has 1 saturated carbocycles. The van der Waals surface area contributed by atoms with Crippen LogP contribution in [0.4, 0.5) is 0 Å². The Labute approximate surface area is 110 Å². The van der Waals surface area contributed by atoms with Gasteiger partial charge in [0.05, 0.1) is 5.60 Å². The van der Waals surface area contributed by atoms with Gasteiger partial charge in [0, 0.05) is 25.5 Å². The van der Waals surface area contributed by atoms with E-state index < -0.39 is 5.60 Å². The van der Waals surface area contributed by atoms with Crippen LogP contribution in [-0.2, 0) is 6.54 Å². The van der Waals surface area contributed by atoms with Crippen molar-refractivity contribution < 1.29 is 5.11 Å². The van der Waals surface area contributed by atoms with Crippen LogP contribution in [0.5, 0.6) is 0 Å². The van der Waals surface area contributed by atoms with Crippen LogP contribution in [0.3, 0.4) is 0 Å². The van der Waals surface area contributed by atoms with Gasteiger partial charge in [0.25, 0.3) is 0 Å². The lowest BCUT2D eigenvalue weighted by atomic mass is 9.78. The van der Waals surface area contributed by atoms with Crippen molar-refractivity contribution in [3.05, 3.63) is 30.1 Å². The number of hydrogen-bond donors (Lipinski definition) is 2.